The monoisotopic (exact) mass is 628 g/mol. The second-order valence-corrected chi connectivity index (χ2v) is 11.9. The van der Waals surface area contributed by atoms with Gasteiger partial charge in [0, 0.05) is 42.5 Å². The number of hydrogen-bond donors (Lipinski definition) is 2. The second-order valence-electron chi connectivity index (χ2n) is 11.9. The number of carbonyl (C=O) groups excluding carboxylic acids is 3. The van der Waals surface area contributed by atoms with Gasteiger partial charge in [-0.1, -0.05) is 78.9 Å². The number of methoxy groups -OCH3 is 1. The Labute approximate surface area is 273 Å². The zero-order chi connectivity index (χ0) is 32.3. The number of fused-ring (bicyclic) bond motifs is 2. The molecule has 0 saturated carbocycles. The van der Waals surface area contributed by atoms with E-state index in [0.717, 1.165) is 39.4 Å². The van der Waals surface area contributed by atoms with E-state index < -0.39 is 6.17 Å². The summed E-state index contributed by atoms with van der Waals surface area (Å²) in [6, 6.07) is 32.3. The van der Waals surface area contributed by atoms with Gasteiger partial charge in [-0.05, 0) is 48.2 Å². The Morgan fingerprint density at radius 2 is 1.60 bits per heavy atom. The van der Waals surface area contributed by atoms with E-state index in [4.69, 9.17) is 9.73 Å². The Morgan fingerprint density at radius 1 is 0.894 bits per heavy atom. The van der Waals surface area contributed by atoms with E-state index in [1.165, 1.54) is 0 Å². The fourth-order valence-corrected chi connectivity index (χ4v) is 6.53. The first-order valence-corrected chi connectivity index (χ1v) is 15.9. The van der Waals surface area contributed by atoms with Crippen LogP contribution in [0.4, 0.5) is 21.0 Å². The third kappa shape index (κ3) is 6.14. The summed E-state index contributed by atoms with van der Waals surface area (Å²) in [7, 11) is 1.62. The number of nitrogens with one attached hydrogen (secondary N) is 2. The molecule has 5 amide bonds. The van der Waals surface area contributed by atoms with Gasteiger partial charge in [0.05, 0.1) is 25.1 Å². The van der Waals surface area contributed by atoms with E-state index in [2.05, 4.69) is 10.6 Å². The van der Waals surface area contributed by atoms with E-state index in [0.29, 0.717) is 38.2 Å². The normalized spacial score (nSPS) is 18.0. The molecule has 1 unspecified atom stereocenters. The van der Waals surface area contributed by atoms with Crippen molar-refractivity contribution in [2.24, 2.45) is 4.99 Å². The number of piperidine rings is 1. The molecule has 3 aliphatic heterocycles. The summed E-state index contributed by atoms with van der Waals surface area (Å²) < 4.78 is 5.32. The molecule has 3 aliphatic rings. The summed E-state index contributed by atoms with van der Waals surface area (Å²) in [5.41, 5.74) is 5.83. The fraction of sp³-hybridized carbons (Fsp3) is 0.243. The minimum Gasteiger partial charge on any atom is -0.497 e. The molecular formula is C37H36N6O4. The van der Waals surface area contributed by atoms with Crippen LogP contribution in [0, 0.1) is 0 Å². The first-order chi connectivity index (χ1) is 23.0. The average Bonchev–Trinajstić information content (AvgIpc) is 3.23. The summed E-state index contributed by atoms with van der Waals surface area (Å²) in [5, 5.41) is 5.95. The summed E-state index contributed by atoms with van der Waals surface area (Å²) in [6.07, 6.45) is 0.121. The highest BCUT2D eigenvalue weighted by atomic mass is 16.5. The van der Waals surface area contributed by atoms with Crippen molar-refractivity contribution in [3.8, 4) is 5.75 Å². The number of hydrogen-bond acceptors (Lipinski definition) is 5. The maximum absolute atomic E-state index is 14.3. The number of rotatable bonds is 6. The van der Waals surface area contributed by atoms with Gasteiger partial charge in [0.2, 0.25) is 6.17 Å². The lowest BCUT2D eigenvalue weighted by Gasteiger charge is -2.40. The Kier molecular flexibility index (Phi) is 8.31. The zero-order valence-electron chi connectivity index (χ0n) is 26.1. The van der Waals surface area contributed by atoms with Gasteiger partial charge in [-0.25, -0.2) is 14.6 Å². The number of nitrogens with zero attached hydrogens (tertiary/aromatic N) is 4. The van der Waals surface area contributed by atoms with Crippen molar-refractivity contribution < 1.29 is 19.1 Å². The highest BCUT2D eigenvalue weighted by molar-refractivity contribution is 6.20. The van der Waals surface area contributed by atoms with Gasteiger partial charge in [-0.2, -0.15) is 0 Å². The lowest BCUT2D eigenvalue weighted by molar-refractivity contribution is -0.120. The van der Waals surface area contributed by atoms with Crippen LogP contribution in [0.3, 0.4) is 0 Å². The second kappa shape index (κ2) is 13.0. The SMILES string of the molecule is COc1ccc(CN2C(=O)C(NC(=O)N3CCC(N4Cc5ccccc5NC4=O)CC3)N=C(c3ccccc3)c3ccccc32)cc1. The van der Waals surface area contributed by atoms with Gasteiger partial charge >= 0.3 is 12.1 Å². The van der Waals surface area contributed by atoms with Crippen LogP contribution in [-0.2, 0) is 17.9 Å². The number of carbonyl (C=O) groups is 3. The van der Waals surface area contributed by atoms with Crippen LogP contribution >= 0.6 is 0 Å². The minimum atomic E-state index is -1.15. The Morgan fingerprint density at radius 3 is 2.36 bits per heavy atom. The van der Waals surface area contributed by atoms with Gasteiger partial charge in [0.25, 0.3) is 5.91 Å². The van der Waals surface area contributed by atoms with Crippen molar-refractivity contribution in [3.05, 3.63) is 125 Å². The fourth-order valence-electron chi connectivity index (χ4n) is 6.53. The van der Waals surface area contributed by atoms with Crippen molar-refractivity contribution in [2.45, 2.75) is 38.1 Å². The van der Waals surface area contributed by atoms with Crippen molar-refractivity contribution in [1.29, 1.82) is 0 Å². The standard InChI is InChI=1S/C37H36N6O4/c1-47-29-17-15-25(16-18-29)23-43-32-14-8-6-12-30(32)33(26-9-3-2-4-10-26)39-34(35(43)44)40-36(45)41-21-19-28(20-22-41)42-24-27-11-5-7-13-31(27)38-37(42)46/h2-18,28,34H,19-24H2,1H3,(H,38,46)(H,40,45). The van der Waals surface area contributed by atoms with Gasteiger partial charge < -0.3 is 30.1 Å². The molecule has 3 heterocycles. The molecule has 1 saturated heterocycles. The number of benzodiazepines with no additional fused rings is 1. The third-order valence-electron chi connectivity index (χ3n) is 9.07. The number of urea groups is 2. The highest BCUT2D eigenvalue weighted by Crippen LogP contribution is 2.31. The molecule has 0 aliphatic carbocycles. The topological polar surface area (TPSA) is 107 Å². The average molecular weight is 629 g/mol. The Hall–Kier alpha value is -5.64. The van der Waals surface area contributed by atoms with Gasteiger partial charge in [-0.15, -0.1) is 0 Å². The number of anilines is 2. The molecule has 0 aromatic heterocycles. The predicted molar refractivity (Wildman–Crippen MR) is 181 cm³/mol. The van der Waals surface area contributed by atoms with E-state index in [-0.39, 0.29) is 30.6 Å². The lowest BCUT2D eigenvalue weighted by atomic mass is 10.00. The summed E-state index contributed by atoms with van der Waals surface area (Å²) >= 11 is 0. The molecule has 0 spiro atoms. The molecule has 0 radical (unpaired) electrons. The largest absolute Gasteiger partial charge is 0.497 e. The maximum Gasteiger partial charge on any atom is 0.322 e. The molecule has 0 bridgehead atoms. The van der Waals surface area contributed by atoms with Crippen LogP contribution in [0.2, 0.25) is 0 Å². The van der Waals surface area contributed by atoms with Crippen molar-refractivity contribution in [2.75, 3.05) is 30.4 Å². The van der Waals surface area contributed by atoms with Crippen LogP contribution in [0.15, 0.2) is 108 Å². The molecule has 2 N–H and O–H groups in total. The number of ether oxygens (including phenoxy) is 1. The molecule has 47 heavy (non-hydrogen) atoms. The molecule has 7 rings (SSSR count). The molecule has 1 atom stereocenters. The predicted octanol–water partition coefficient (Wildman–Crippen LogP) is 5.63. The van der Waals surface area contributed by atoms with Crippen LogP contribution in [0.5, 0.6) is 5.75 Å². The summed E-state index contributed by atoms with van der Waals surface area (Å²) in [5.74, 6) is 0.400. The molecule has 10 heteroatoms. The van der Waals surface area contributed by atoms with Gasteiger partial charge in [-0.3, -0.25) is 4.79 Å². The highest BCUT2D eigenvalue weighted by Gasteiger charge is 2.36. The number of para-hydroxylation sites is 2. The Bertz CT molecular complexity index is 1820. The zero-order valence-corrected chi connectivity index (χ0v) is 26.1. The van der Waals surface area contributed by atoms with Gasteiger partial charge in [0.15, 0.2) is 0 Å². The first kappa shape index (κ1) is 30.0. The molecule has 238 valence electrons. The lowest BCUT2D eigenvalue weighted by Crippen LogP contribution is -2.55. The van der Waals surface area contributed by atoms with E-state index >= 15 is 0 Å². The summed E-state index contributed by atoms with van der Waals surface area (Å²) in [4.78, 5) is 51.2. The number of amides is 5. The molecule has 10 nitrogen and oxygen atoms in total. The summed E-state index contributed by atoms with van der Waals surface area (Å²) in [6.45, 7) is 1.73. The van der Waals surface area contributed by atoms with Crippen LogP contribution in [-0.4, -0.2) is 65.9 Å². The molecule has 4 aromatic carbocycles. The van der Waals surface area contributed by atoms with Crippen LogP contribution in [0.1, 0.15) is 35.1 Å². The van der Waals surface area contributed by atoms with Crippen molar-refractivity contribution in [1.82, 2.24) is 15.1 Å². The quantitative estimate of drug-likeness (QED) is 0.289. The number of likely N-dealkylation sites (tertiary alicyclic amines) is 1. The van der Waals surface area contributed by atoms with Crippen molar-refractivity contribution in [3.63, 3.8) is 0 Å². The smallest absolute Gasteiger partial charge is 0.322 e. The van der Waals surface area contributed by atoms with E-state index in [9.17, 15) is 14.4 Å². The van der Waals surface area contributed by atoms with E-state index in [1.54, 1.807) is 16.9 Å². The van der Waals surface area contributed by atoms with Gasteiger partial charge in [0.1, 0.15) is 5.75 Å². The van der Waals surface area contributed by atoms with Crippen LogP contribution < -0.4 is 20.3 Å². The van der Waals surface area contributed by atoms with Crippen LogP contribution in [0.25, 0.3) is 0 Å². The van der Waals surface area contributed by atoms with E-state index in [1.807, 2.05) is 108 Å². The first-order valence-electron chi connectivity index (χ1n) is 15.9. The Balaban J connectivity index is 1.12. The number of aliphatic imine (C=N–C) groups is 1. The minimum absolute atomic E-state index is 0.00381. The molecule has 4 aromatic rings. The number of benzene rings is 4. The molecule has 1 fully saturated rings. The molecular weight excluding hydrogens is 592 g/mol. The maximum atomic E-state index is 14.3. The van der Waals surface area contributed by atoms with Crippen molar-refractivity contribution >= 4 is 35.1 Å². The third-order valence-corrected chi connectivity index (χ3v) is 9.07.